The first-order valence-electron chi connectivity index (χ1n) is 7.18. The van der Waals surface area contributed by atoms with Crippen LogP contribution in [0.2, 0.25) is 10.3 Å². The summed E-state index contributed by atoms with van der Waals surface area (Å²) in [6.07, 6.45) is 3.21. The van der Waals surface area contributed by atoms with Crippen LogP contribution in [0, 0.1) is 5.82 Å². The van der Waals surface area contributed by atoms with Gasteiger partial charge in [-0.05, 0) is 17.9 Å². The summed E-state index contributed by atoms with van der Waals surface area (Å²) in [5.41, 5.74) is 1.33. The van der Waals surface area contributed by atoms with Crippen molar-refractivity contribution < 1.29 is 9.13 Å². The number of thioether (sulfide) groups is 1. The highest BCUT2D eigenvalue weighted by atomic mass is 35.5. The van der Waals surface area contributed by atoms with E-state index in [0.29, 0.717) is 5.16 Å². The summed E-state index contributed by atoms with van der Waals surface area (Å²) in [5.74, 6) is -0.509. The fraction of sp³-hybridized carbons (Fsp3) is 0.118. The maximum absolute atomic E-state index is 14.4. The Morgan fingerprint density at radius 1 is 1.08 bits per heavy atom. The predicted octanol–water partition coefficient (Wildman–Crippen LogP) is 5.29. The summed E-state index contributed by atoms with van der Waals surface area (Å²) < 4.78 is 20.2. The number of hydrogen-bond donors (Lipinski definition) is 0. The number of pyridine rings is 1. The van der Waals surface area contributed by atoms with Gasteiger partial charge in [-0.15, -0.1) is 0 Å². The van der Waals surface area contributed by atoms with Gasteiger partial charge in [0.15, 0.2) is 16.1 Å². The van der Waals surface area contributed by atoms with Crippen LogP contribution in [-0.2, 0) is 6.61 Å². The Balaban J connectivity index is 2.06. The highest BCUT2D eigenvalue weighted by Crippen LogP contribution is 2.38. The van der Waals surface area contributed by atoms with Gasteiger partial charge in [0.1, 0.15) is 11.8 Å². The van der Waals surface area contributed by atoms with Gasteiger partial charge < -0.3 is 4.74 Å². The molecule has 25 heavy (non-hydrogen) atoms. The van der Waals surface area contributed by atoms with Crippen LogP contribution >= 0.6 is 35.0 Å². The Morgan fingerprint density at radius 3 is 2.56 bits per heavy atom. The molecule has 8 heteroatoms. The SMILES string of the molecule is CSc1nc(Cl)c(-c2ccnc(Cl)c2F)c(OCc2ccccc2)n1. The molecule has 0 unspecified atom stereocenters. The first-order valence-corrected chi connectivity index (χ1v) is 9.17. The maximum atomic E-state index is 14.4. The maximum Gasteiger partial charge on any atom is 0.227 e. The first kappa shape index (κ1) is 17.9. The topological polar surface area (TPSA) is 47.9 Å². The molecule has 3 aromatic rings. The smallest absolute Gasteiger partial charge is 0.227 e. The van der Waals surface area contributed by atoms with Gasteiger partial charge in [0, 0.05) is 11.8 Å². The van der Waals surface area contributed by atoms with Crippen LogP contribution in [-0.4, -0.2) is 21.2 Å². The Hall–Kier alpha value is -1.89. The molecule has 2 heterocycles. The van der Waals surface area contributed by atoms with E-state index >= 15 is 0 Å². The molecule has 0 aliphatic heterocycles. The second-order valence-electron chi connectivity index (χ2n) is 4.92. The van der Waals surface area contributed by atoms with Crippen molar-refractivity contribution in [2.75, 3.05) is 6.26 Å². The van der Waals surface area contributed by atoms with Crippen molar-refractivity contribution in [2.45, 2.75) is 11.8 Å². The molecule has 0 bridgehead atoms. The molecule has 0 spiro atoms. The lowest BCUT2D eigenvalue weighted by atomic mass is 10.1. The van der Waals surface area contributed by atoms with Crippen LogP contribution in [0.15, 0.2) is 47.8 Å². The van der Waals surface area contributed by atoms with Crippen LogP contribution in [0.1, 0.15) is 5.56 Å². The van der Waals surface area contributed by atoms with Gasteiger partial charge >= 0.3 is 0 Å². The number of aromatic nitrogens is 3. The van der Waals surface area contributed by atoms with Gasteiger partial charge in [0.2, 0.25) is 5.88 Å². The van der Waals surface area contributed by atoms with Gasteiger partial charge in [-0.2, -0.15) is 4.98 Å². The fourth-order valence-corrected chi connectivity index (χ4v) is 2.98. The summed E-state index contributed by atoms with van der Waals surface area (Å²) in [6, 6.07) is 11.0. The lowest BCUT2D eigenvalue weighted by Crippen LogP contribution is -2.03. The van der Waals surface area contributed by atoms with Crippen LogP contribution in [0.4, 0.5) is 4.39 Å². The zero-order chi connectivity index (χ0) is 17.8. The minimum atomic E-state index is -0.698. The number of ether oxygens (including phenoxy) is 1. The third-order valence-electron chi connectivity index (χ3n) is 3.33. The zero-order valence-electron chi connectivity index (χ0n) is 13.0. The van der Waals surface area contributed by atoms with E-state index in [-0.39, 0.29) is 33.9 Å². The third-order valence-corrected chi connectivity index (χ3v) is 4.41. The first-order chi connectivity index (χ1) is 12.1. The van der Waals surface area contributed by atoms with Crippen molar-refractivity contribution >= 4 is 35.0 Å². The van der Waals surface area contributed by atoms with E-state index < -0.39 is 5.82 Å². The van der Waals surface area contributed by atoms with Gasteiger partial charge in [0.05, 0.1) is 5.56 Å². The number of benzene rings is 1. The van der Waals surface area contributed by atoms with E-state index in [1.54, 1.807) is 0 Å². The molecule has 4 nitrogen and oxygen atoms in total. The normalized spacial score (nSPS) is 10.7. The molecule has 0 fully saturated rings. The molecule has 2 aromatic heterocycles. The molecule has 128 valence electrons. The Labute approximate surface area is 158 Å². The summed E-state index contributed by atoms with van der Waals surface area (Å²) in [5, 5.41) is 0.262. The summed E-state index contributed by atoms with van der Waals surface area (Å²) in [4.78, 5) is 12.2. The van der Waals surface area contributed by atoms with Gasteiger partial charge in [-0.3, -0.25) is 0 Å². The second-order valence-corrected chi connectivity index (χ2v) is 6.41. The fourth-order valence-electron chi connectivity index (χ4n) is 2.16. The third kappa shape index (κ3) is 4.03. The molecule has 1 aromatic carbocycles. The lowest BCUT2D eigenvalue weighted by Gasteiger charge is -2.13. The molecule has 0 aliphatic rings. The zero-order valence-corrected chi connectivity index (χ0v) is 15.4. The van der Waals surface area contributed by atoms with E-state index in [1.807, 2.05) is 36.6 Å². The highest BCUT2D eigenvalue weighted by Gasteiger charge is 2.21. The average Bonchev–Trinajstić information content (AvgIpc) is 2.63. The molecule has 0 radical (unpaired) electrons. The van der Waals surface area contributed by atoms with Crippen molar-refractivity contribution in [3.63, 3.8) is 0 Å². The molecular formula is C17H12Cl2FN3OS. The standard InChI is InChI=1S/C17H12Cl2FN3OS/c1-25-17-22-14(18)12(11-7-8-21-15(19)13(11)20)16(23-17)24-9-10-5-3-2-4-6-10/h2-8H,9H2,1H3. The lowest BCUT2D eigenvalue weighted by molar-refractivity contribution is 0.292. The summed E-state index contributed by atoms with van der Waals surface area (Å²) in [7, 11) is 0. The monoisotopic (exact) mass is 395 g/mol. The Morgan fingerprint density at radius 2 is 1.84 bits per heavy atom. The molecule has 3 rings (SSSR count). The van der Waals surface area contributed by atoms with E-state index in [2.05, 4.69) is 15.0 Å². The predicted molar refractivity (Wildman–Crippen MR) is 97.8 cm³/mol. The number of nitrogens with zero attached hydrogens (tertiary/aromatic N) is 3. The molecule has 0 amide bonds. The van der Waals surface area contributed by atoms with Crippen LogP contribution in [0.25, 0.3) is 11.1 Å². The Kier molecular flexibility index (Phi) is 5.73. The summed E-state index contributed by atoms with van der Waals surface area (Å²) in [6.45, 7) is 0.259. The average molecular weight is 396 g/mol. The second kappa shape index (κ2) is 7.99. The van der Waals surface area contributed by atoms with Crippen molar-refractivity contribution in [1.29, 1.82) is 0 Å². The van der Waals surface area contributed by atoms with Crippen molar-refractivity contribution in [3.05, 3.63) is 64.3 Å². The van der Waals surface area contributed by atoms with E-state index in [0.717, 1.165) is 5.56 Å². The van der Waals surface area contributed by atoms with Crippen molar-refractivity contribution in [2.24, 2.45) is 0 Å². The number of hydrogen-bond acceptors (Lipinski definition) is 5. The molecule has 0 saturated heterocycles. The summed E-state index contributed by atoms with van der Waals surface area (Å²) >= 11 is 13.4. The minimum absolute atomic E-state index is 0.0866. The van der Waals surface area contributed by atoms with Gasteiger partial charge in [-0.25, -0.2) is 14.4 Å². The highest BCUT2D eigenvalue weighted by molar-refractivity contribution is 7.98. The van der Waals surface area contributed by atoms with Crippen LogP contribution in [0.5, 0.6) is 5.88 Å². The van der Waals surface area contributed by atoms with E-state index in [9.17, 15) is 4.39 Å². The van der Waals surface area contributed by atoms with E-state index in [4.69, 9.17) is 27.9 Å². The largest absolute Gasteiger partial charge is 0.472 e. The molecule has 0 atom stereocenters. The molecule has 0 saturated carbocycles. The van der Waals surface area contributed by atoms with Crippen molar-refractivity contribution in [1.82, 2.24) is 15.0 Å². The minimum Gasteiger partial charge on any atom is -0.472 e. The quantitative estimate of drug-likeness (QED) is 0.254. The molecular weight excluding hydrogens is 384 g/mol. The number of rotatable bonds is 5. The van der Waals surface area contributed by atoms with Crippen LogP contribution < -0.4 is 4.74 Å². The van der Waals surface area contributed by atoms with Crippen molar-refractivity contribution in [3.8, 4) is 17.0 Å². The van der Waals surface area contributed by atoms with Gasteiger partial charge in [-0.1, -0.05) is 65.3 Å². The molecule has 0 aliphatic carbocycles. The molecule has 0 N–H and O–H groups in total. The van der Waals surface area contributed by atoms with Gasteiger partial charge in [0.25, 0.3) is 0 Å². The van der Waals surface area contributed by atoms with Crippen LogP contribution in [0.3, 0.4) is 0 Å². The Bertz CT molecular complexity index is 897. The number of halogens is 3. The van der Waals surface area contributed by atoms with E-state index in [1.165, 1.54) is 24.0 Å².